The summed E-state index contributed by atoms with van der Waals surface area (Å²) in [7, 11) is -3.51. The Balaban J connectivity index is 2.25. The van der Waals surface area contributed by atoms with E-state index in [2.05, 4.69) is 11.1 Å². The molecule has 1 N–H and O–H groups in total. The van der Waals surface area contributed by atoms with E-state index in [0.717, 1.165) is 35.6 Å². The molecule has 0 spiro atoms. The van der Waals surface area contributed by atoms with Crippen LogP contribution in [0.15, 0.2) is 12.1 Å². The Labute approximate surface area is 112 Å². The number of hydrogen-bond donors (Lipinski definition) is 1. The summed E-state index contributed by atoms with van der Waals surface area (Å²) in [5.41, 5.74) is 4.37. The molecule has 0 amide bonds. The Hall–Kier alpha value is -1.49. The third-order valence-electron chi connectivity index (χ3n) is 3.56. The molecule has 19 heavy (non-hydrogen) atoms. The third kappa shape index (κ3) is 2.34. The molecule has 1 aromatic carbocycles. The van der Waals surface area contributed by atoms with Gasteiger partial charge < -0.3 is 9.17 Å². The molecule has 0 saturated carbocycles. The highest BCUT2D eigenvalue weighted by atomic mass is 32.2. The minimum atomic E-state index is -3.51. The fourth-order valence-corrected chi connectivity index (χ4v) is 3.30. The first-order valence-electron chi connectivity index (χ1n) is 6.47. The van der Waals surface area contributed by atoms with E-state index in [1.54, 1.807) is 6.07 Å². The molecule has 0 radical (unpaired) electrons. The molecule has 5 heteroatoms. The van der Waals surface area contributed by atoms with Gasteiger partial charge in [-0.1, -0.05) is 0 Å². The van der Waals surface area contributed by atoms with E-state index < -0.39 is 10.1 Å². The van der Waals surface area contributed by atoms with Gasteiger partial charge in [-0.15, -0.1) is 0 Å². The first-order chi connectivity index (χ1) is 8.94. The first kappa shape index (κ1) is 12.5. The number of aromatic nitrogens is 1. The minimum Gasteiger partial charge on any atom is -0.380 e. The van der Waals surface area contributed by atoms with Crippen LogP contribution >= 0.6 is 0 Å². The Morgan fingerprint density at radius 1 is 1.21 bits per heavy atom. The van der Waals surface area contributed by atoms with Crippen molar-refractivity contribution in [3.05, 3.63) is 29.0 Å². The van der Waals surface area contributed by atoms with Gasteiger partial charge >= 0.3 is 10.1 Å². The molecule has 0 atom stereocenters. The maximum absolute atomic E-state index is 11.4. The Morgan fingerprint density at radius 3 is 2.68 bits per heavy atom. The molecule has 0 bridgehead atoms. The molecule has 2 aromatic rings. The number of hydrogen-bond acceptors (Lipinski definition) is 3. The second kappa shape index (κ2) is 4.27. The summed E-state index contributed by atoms with van der Waals surface area (Å²) < 4.78 is 27.8. The standard InChI is InChI=1S/C14H17NO3S/c1-9-7-11-10-5-3-4-6-12(10)15-14(11)13(8-9)18-19(2,16)17/h7-8,15H,3-6H2,1-2H3. The van der Waals surface area contributed by atoms with Crippen LogP contribution in [0.5, 0.6) is 5.75 Å². The quantitative estimate of drug-likeness (QED) is 0.860. The van der Waals surface area contributed by atoms with E-state index in [0.29, 0.717) is 5.75 Å². The fourth-order valence-electron chi connectivity index (χ4n) is 2.84. The van der Waals surface area contributed by atoms with Crippen LogP contribution in [0.25, 0.3) is 10.9 Å². The average molecular weight is 279 g/mol. The monoisotopic (exact) mass is 279 g/mol. The van der Waals surface area contributed by atoms with Crippen LogP contribution in [0, 0.1) is 6.92 Å². The van der Waals surface area contributed by atoms with Crippen LogP contribution in [0.1, 0.15) is 29.7 Å². The predicted octanol–water partition coefficient (Wildman–Crippen LogP) is 2.69. The largest absolute Gasteiger partial charge is 0.380 e. The normalized spacial score (nSPS) is 15.5. The Bertz CT molecular complexity index is 744. The van der Waals surface area contributed by atoms with Crippen molar-refractivity contribution >= 4 is 21.0 Å². The van der Waals surface area contributed by atoms with Crippen molar-refractivity contribution in [3.8, 4) is 5.75 Å². The minimum absolute atomic E-state index is 0.409. The van der Waals surface area contributed by atoms with Crippen molar-refractivity contribution in [2.45, 2.75) is 32.6 Å². The fraction of sp³-hybridized carbons (Fsp3) is 0.429. The lowest BCUT2D eigenvalue weighted by atomic mass is 9.95. The molecule has 0 fully saturated rings. The molecule has 3 rings (SSSR count). The summed E-state index contributed by atoms with van der Waals surface area (Å²) in [6.07, 6.45) is 5.53. The number of rotatable bonds is 2. The highest BCUT2D eigenvalue weighted by molar-refractivity contribution is 7.86. The SMILES string of the molecule is Cc1cc(OS(C)(=O)=O)c2[nH]c3c(c2c1)CCCC3. The van der Waals surface area contributed by atoms with Crippen LogP contribution < -0.4 is 4.18 Å². The lowest BCUT2D eigenvalue weighted by Gasteiger charge is -2.10. The summed E-state index contributed by atoms with van der Waals surface area (Å²) in [6.45, 7) is 1.96. The lowest BCUT2D eigenvalue weighted by molar-refractivity contribution is 0.495. The summed E-state index contributed by atoms with van der Waals surface area (Å²) in [5, 5.41) is 1.10. The van der Waals surface area contributed by atoms with Crippen molar-refractivity contribution in [2.75, 3.05) is 6.26 Å². The van der Waals surface area contributed by atoms with E-state index in [9.17, 15) is 8.42 Å². The molecule has 4 nitrogen and oxygen atoms in total. The lowest BCUT2D eigenvalue weighted by Crippen LogP contribution is -2.06. The van der Waals surface area contributed by atoms with Crippen molar-refractivity contribution in [1.82, 2.24) is 4.98 Å². The van der Waals surface area contributed by atoms with Gasteiger partial charge in [0.05, 0.1) is 11.8 Å². The molecule has 1 aromatic heterocycles. The number of aryl methyl sites for hydroxylation is 3. The van der Waals surface area contributed by atoms with E-state index in [4.69, 9.17) is 4.18 Å². The zero-order valence-corrected chi connectivity index (χ0v) is 11.9. The van der Waals surface area contributed by atoms with E-state index in [1.807, 2.05) is 6.92 Å². The Kier molecular flexibility index (Phi) is 2.82. The number of benzene rings is 1. The van der Waals surface area contributed by atoms with Gasteiger partial charge in [-0.05, 0) is 55.9 Å². The highest BCUT2D eigenvalue weighted by Crippen LogP contribution is 2.35. The maximum atomic E-state index is 11.4. The molecular formula is C14H17NO3S. The van der Waals surface area contributed by atoms with Crippen LogP contribution in [-0.4, -0.2) is 19.7 Å². The summed E-state index contributed by atoms with van der Waals surface area (Å²) in [4.78, 5) is 3.34. The molecule has 102 valence electrons. The summed E-state index contributed by atoms with van der Waals surface area (Å²) >= 11 is 0. The second-order valence-corrected chi connectivity index (χ2v) is 6.84. The highest BCUT2D eigenvalue weighted by Gasteiger charge is 2.19. The van der Waals surface area contributed by atoms with Crippen LogP contribution in [0.2, 0.25) is 0 Å². The average Bonchev–Trinajstić information content (AvgIpc) is 2.66. The van der Waals surface area contributed by atoms with Gasteiger partial charge in [-0.2, -0.15) is 8.42 Å². The van der Waals surface area contributed by atoms with Crippen molar-refractivity contribution in [3.63, 3.8) is 0 Å². The van der Waals surface area contributed by atoms with E-state index >= 15 is 0 Å². The Morgan fingerprint density at radius 2 is 1.95 bits per heavy atom. The number of aromatic amines is 1. The van der Waals surface area contributed by atoms with Gasteiger partial charge in [0, 0.05) is 11.1 Å². The van der Waals surface area contributed by atoms with Crippen LogP contribution in [0.4, 0.5) is 0 Å². The maximum Gasteiger partial charge on any atom is 0.306 e. The van der Waals surface area contributed by atoms with Gasteiger partial charge in [-0.3, -0.25) is 0 Å². The number of nitrogens with one attached hydrogen (secondary N) is 1. The van der Waals surface area contributed by atoms with Gasteiger partial charge in [0.1, 0.15) is 0 Å². The molecule has 0 unspecified atom stereocenters. The summed E-state index contributed by atoms with van der Waals surface area (Å²) in [5.74, 6) is 0.409. The van der Waals surface area contributed by atoms with Gasteiger partial charge in [-0.25, -0.2) is 0 Å². The zero-order valence-electron chi connectivity index (χ0n) is 11.1. The first-order valence-corrected chi connectivity index (χ1v) is 8.29. The molecular weight excluding hydrogens is 262 g/mol. The van der Waals surface area contributed by atoms with Crippen molar-refractivity contribution in [1.29, 1.82) is 0 Å². The number of H-pyrrole nitrogens is 1. The van der Waals surface area contributed by atoms with E-state index in [1.165, 1.54) is 24.1 Å². The topological polar surface area (TPSA) is 59.2 Å². The van der Waals surface area contributed by atoms with Crippen molar-refractivity contribution in [2.24, 2.45) is 0 Å². The van der Waals surface area contributed by atoms with Gasteiger partial charge in [0.15, 0.2) is 5.75 Å². The third-order valence-corrected chi connectivity index (χ3v) is 4.04. The smallest absolute Gasteiger partial charge is 0.306 e. The van der Waals surface area contributed by atoms with Gasteiger partial charge in [0.2, 0.25) is 0 Å². The zero-order chi connectivity index (χ0) is 13.6. The molecule has 0 aliphatic heterocycles. The van der Waals surface area contributed by atoms with E-state index in [-0.39, 0.29) is 0 Å². The molecule has 0 saturated heterocycles. The molecule has 1 heterocycles. The summed E-state index contributed by atoms with van der Waals surface area (Å²) in [6, 6.07) is 3.87. The predicted molar refractivity (Wildman–Crippen MR) is 75.1 cm³/mol. The molecule has 1 aliphatic rings. The molecule has 1 aliphatic carbocycles. The van der Waals surface area contributed by atoms with Gasteiger partial charge in [0.25, 0.3) is 0 Å². The second-order valence-electron chi connectivity index (χ2n) is 5.26. The number of fused-ring (bicyclic) bond motifs is 3. The van der Waals surface area contributed by atoms with Crippen LogP contribution in [-0.2, 0) is 23.0 Å². The van der Waals surface area contributed by atoms with Crippen LogP contribution in [0.3, 0.4) is 0 Å². The van der Waals surface area contributed by atoms with Crippen molar-refractivity contribution < 1.29 is 12.6 Å².